The predicted octanol–water partition coefficient (Wildman–Crippen LogP) is 2.37. The van der Waals surface area contributed by atoms with Crippen LogP contribution < -0.4 is 0 Å². The van der Waals surface area contributed by atoms with E-state index < -0.39 is 0 Å². The molecule has 1 fully saturated rings. The summed E-state index contributed by atoms with van der Waals surface area (Å²) < 4.78 is 0. The van der Waals surface area contributed by atoms with Gasteiger partial charge in [-0.25, -0.2) is 0 Å². The average Bonchev–Trinajstić information content (AvgIpc) is 3.15. The van der Waals surface area contributed by atoms with Crippen LogP contribution in [0, 0.1) is 0 Å². The zero-order chi connectivity index (χ0) is 15.6. The van der Waals surface area contributed by atoms with E-state index in [-0.39, 0.29) is 5.91 Å². The van der Waals surface area contributed by atoms with Crippen molar-refractivity contribution >= 4 is 16.9 Å². The number of carbonyl (C=O) groups excluding carboxylic acids is 1. The number of fused-ring (bicyclic) bond motifs is 1. The number of carbonyl (C=O) groups is 1. The Balaban J connectivity index is 1.63. The van der Waals surface area contributed by atoms with Gasteiger partial charge in [0, 0.05) is 43.3 Å². The van der Waals surface area contributed by atoms with E-state index in [1.54, 1.807) is 18.6 Å². The van der Waals surface area contributed by atoms with Gasteiger partial charge in [0.25, 0.3) is 5.91 Å². The second-order valence-electron chi connectivity index (χ2n) is 5.83. The lowest BCUT2D eigenvalue weighted by Crippen LogP contribution is -2.39. The summed E-state index contributed by atoms with van der Waals surface area (Å²) >= 11 is 0. The van der Waals surface area contributed by atoms with E-state index in [1.165, 1.54) is 0 Å². The Labute approximate surface area is 133 Å². The Hall–Kier alpha value is -2.76. The highest BCUT2D eigenvalue weighted by molar-refractivity contribution is 6.04. The molecular formula is C17H17N5O. The van der Waals surface area contributed by atoms with Gasteiger partial charge in [-0.15, -0.1) is 0 Å². The third kappa shape index (κ3) is 2.56. The zero-order valence-corrected chi connectivity index (χ0v) is 12.6. The van der Waals surface area contributed by atoms with Crippen LogP contribution in [0.4, 0.5) is 0 Å². The van der Waals surface area contributed by atoms with Crippen molar-refractivity contribution < 1.29 is 4.79 Å². The van der Waals surface area contributed by atoms with Crippen molar-refractivity contribution in [3.63, 3.8) is 0 Å². The SMILES string of the molecule is O=C(c1cccc2nccnc12)N1CCC[C@H](c2ccn[nH]2)C1. The third-order valence-electron chi connectivity index (χ3n) is 4.40. The Morgan fingerprint density at radius 3 is 2.96 bits per heavy atom. The van der Waals surface area contributed by atoms with Gasteiger partial charge in [0.1, 0.15) is 5.52 Å². The standard InChI is InChI=1S/C17H17N5O/c23-17(13-4-1-5-15-16(13)19-9-8-18-15)22-10-2-3-12(11-22)14-6-7-20-21-14/h1,4-9,12H,2-3,10-11H2,(H,20,21)/t12-/m0/s1. The summed E-state index contributed by atoms with van der Waals surface area (Å²) in [5.74, 6) is 0.344. The molecule has 23 heavy (non-hydrogen) atoms. The monoisotopic (exact) mass is 307 g/mol. The number of hydrogen-bond acceptors (Lipinski definition) is 4. The highest BCUT2D eigenvalue weighted by Gasteiger charge is 2.27. The van der Waals surface area contributed by atoms with Crippen molar-refractivity contribution in [1.29, 1.82) is 0 Å². The molecule has 116 valence electrons. The van der Waals surface area contributed by atoms with Crippen LogP contribution in [0.1, 0.15) is 34.8 Å². The molecule has 1 aliphatic heterocycles. The second-order valence-corrected chi connectivity index (χ2v) is 5.83. The summed E-state index contributed by atoms with van der Waals surface area (Å²) in [6.07, 6.45) is 7.10. The van der Waals surface area contributed by atoms with Gasteiger partial charge in [-0.3, -0.25) is 19.9 Å². The van der Waals surface area contributed by atoms with Crippen molar-refractivity contribution in [3.05, 3.63) is 54.1 Å². The quantitative estimate of drug-likeness (QED) is 0.788. The lowest BCUT2D eigenvalue weighted by molar-refractivity contribution is 0.0707. The van der Waals surface area contributed by atoms with Crippen LogP contribution in [0.2, 0.25) is 0 Å². The molecule has 0 saturated carbocycles. The molecule has 6 heteroatoms. The molecule has 1 N–H and O–H groups in total. The van der Waals surface area contributed by atoms with Crippen LogP contribution in [0.25, 0.3) is 11.0 Å². The van der Waals surface area contributed by atoms with Gasteiger partial charge in [0.15, 0.2) is 0 Å². The number of piperidine rings is 1. The largest absolute Gasteiger partial charge is 0.338 e. The lowest BCUT2D eigenvalue weighted by atomic mass is 9.94. The van der Waals surface area contributed by atoms with Crippen molar-refractivity contribution in [2.45, 2.75) is 18.8 Å². The Kier molecular flexibility index (Phi) is 3.49. The third-order valence-corrected chi connectivity index (χ3v) is 4.40. The minimum Gasteiger partial charge on any atom is -0.338 e. The Bertz CT molecular complexity index is 825. The van der Waals surface area contributed by atoms with Gasteiger partial charge < -0.3 is 4.90 Å². The molecule has 0 spiro atoms. The Morgan fingerprint density at radius 1 is 1.17 bits per heavy atom. The fourth-order valence-electron chi connectivity index (χ4n) is 3.25. The molecule has 1 atom stereocenters. The maximum Gasteiger partial charge on any atom is 0.256 e. The highest BCUT2D eigenvalue weighted by atomic mass is 16.2. The van der Waals surface area contributed by atoms with Crippen molar-refractivity contribution in [1.82, 2.24) is 25.1 Å². The summed E-state index contributed by atoms with van der Waals surface area (Å²) in [5.41, 5.74) is 3.14. The highest BCUT2D eigenvalue weighted by Crippen LogP contribution is 2.27. The van der Waals surface area contributed by atoms with Crippen LogP contribution in [0.5, 0.6) is 0 Å². The first-order chi connectivity index (χ1) is 11.3. The molecule has 0 radical (unpaired) electrons. The minimum absolute atomic E-state index is 0.0281. The van der Waals surface area contributed by atoms with E-state index in [0.717, 1.165) is 30.6 Å². The second kappa shape index (κ2) is 5.79. The van der Waals surface area contributed by atoms with Gasteiger partial charge in [0.05, 0.1) is 11.1 Å². The summed E-state index contributed by atoms with van der Waals surface area (Å²) in [5, 5.41) is 7.05. The number of nitrogens with one attached hydrogen (secondary N) is 1. The van der Waals surface area contributed by atoms with Crippen LogP contribution in [0.15, 0.2) is 42.9 Å². The van der Waals surface area contributed by atoms with Crippen LogP contribution >= 0.6 is 0 Å². The van der Waals surface area contributed by atoms with Gasteiger partial charge in [-0.05, 0) is 31.0 Å². The predicted molar refractivity (Wildman–Crippen MR) is 86.0 cm³/mol. The zero-order valence-electron chi connectivity index (χ0n) is 12.6. The molecule has 0 aliphatic carbocycles. The van der Waals surface area contributed by atoms with Gasteiger partial charge >= 0.3 is 0 Å². The fourth-order valence-corrected chi connectivity index (χ4v) is 3.25. The number of rotatable bonds is 2. The number of likely N-dealkylation sites (tertiary alicyclic amines) is 1. The van der Waals surface area contributed by atoms with E-state index in [4.69, 9.17) is 0 Å². The van der Waals surface area contributed by atoms with E-state index in [1.807, 2.05) is 29.2 Å². The molecule has 1 aromatic carbocycles. The summed E-state index contributed by atoms with van der Waals surface area (Å²) in [6.45, 7) is 1.48. The topological polar surface area (TPSA) is 74.8 Å². The van der Waals surface area contributed by atoms with Gasteiger partial charge in [0.2, 0.25) is 0 Å². The van der Waals surface area contributed by atoms with Crippen LogP contribution in [0.3, 0.4) is 0 Å². The van der Waals surface area contributed by atoms with Gasteiger partial charge in [-0.2, -0.15) is 5.10 Å². The van der Waals surface area contributed by atoms with Crippen LogP contribution in [-0.2, 0) is 0 Å². The fraction of sp³-hybridized carbons (Fsp3) is 0.294. The minimum atomic E-state index is 0.0281. The number of aromatic nitrogens is 4. The first-order valence-corrected chi connectivity index (χ1v) is 7.81. The van der Waals surface area contributed by atoms with Crippen molar-refractivity contribution in [3.8, 4) is 0 Å². The molecule has 4 rings (SSSR count). The maximum atomic E-state index is 13.0. The molecule has 1 amide bonds. The molecule has 0 unspecified atom stereocenters. The first-order valence-electron chi connectivity index (χ1n) is 7.81. The Morgan fingerprint density at radius 2 is 2.09 bits per heavy atom. The molecule has 2 aromatic heterocycles. The smallest absolute Gasteiger partial charge is 0.256 e. The summed E-state index contributed by atoms with van der Waals surface area (Å²) in [6, 6.07) is 7.56. The lowest BCUT2D eigenvalue weighted by Gasteiger charge is -2.32. The normalized spacial score (nSPS) is 18.3. The number of amides is 1. The molecule has 6 nitrogen and oxygen atoms in total. The number of benzene rings is 1. The number of para-hydroxylation sites is 1. The van der Waals surface area contributed by atoms with Crippen LogP contribution in [-0.4, -0.2) is 44.1 Å². The maximum absolute atomic E-state index is 13.0. The van der Waals surface area contributed by atoms with E-state index in [2.05, 4.69) is 20.2 Å². The summed E-state index contributed by atoms with van der Waals surface area (Å²) in [4.78, 5) is 23.5. The number of nitrogens with zero attached hydrogens (tertiary/aromatic N) is 4. The molecule has 3 heterocycles. The molecule has 1 aliphatic rings. The van der Waals surface area contributed by atoms with E-state index in [9.17, 15) is 4.79 Å². The molecule has 1 saturated heterocycles. The molecule has 0 bridgehead atoms. The van der Waals surface area contributed by atoms with E-state index >= 15 is 0 Å². The number of hydrogen-bond donors (Lipinski definition) is 1. The van der Waals surface area contributed by atoms with E-state index in [0.29, 0.717) is 23.5 Å². The first kappa shape index (κ1) is 13.9. The van der Waals surface area contributed by atoms with Crippen molar-refractivity contribution in [2.24, 2.45) is 0 Å². The summed E-state index contributed by atoms with van der Waals surface area (Å²) in [7, 11) is 0. The van der Waals surface area contributed by atoms with Gasteiger partial charge in [-0.1, -0.05) is 6.07 Å². The average molecular weight is 307 g/mol. The number of H-pyrrole nitrogens is 1. The molecule has 3 aromatic rings. The number of aromatic amines is 1. The van der Waals surface area contributed by atoms with Crippen molar-refractivity contribution in [2.75, 3.05) is 13.1 Å². The molecular weight excluding hydrogens is 290 g/mol.